The van der Waals surface area contributed by atoms with Crippen molar-refractivity contribution in [3.05, 3.63) is 78.9 Å². The van der Waals surface area contributed by atoms with Gasteiger partial charge in [0.05, 0.1) is 18.6 Å². The molecule has 0 fully saturated rings. The number of ether oxygens (including phenoxy) is 1. The lowest BCUT2D eigenvalue weighted by Gasteiger charge is -2.20. The van der Waals surface area contributed by atoms with Gasteiger partial charge in [-0.15, -0.1) is 0 Å². The molecular weight excluding hydrogens is 400 g/mol. The molecule has 156 valence electrons. The van der Waals surface area contributed by atoms with E-state index in [9.17, 15) is 13.2 Å². The van der Waals surface area contributed by atoms with Crippen molar-refractivity contribution in [3.8, 4) is 16.9 Å². The topological polar surface area (TPSA) is 75.7 Å². The molecule has 3 aromatic carbocycles. The van der Waals surface area contributed by atoms with Crippen LogP contribution in [0.2, 0.25) is 0 Å². The number of hydrogen-bond donors (Lipinski definition) is 1. The molecule has 7 heteroatoms. The lowest BCUT2D eigenvalue weighted by atomic mass is 10.1. The molecule has 0 aliphatic carbocycles. The number of methoxy groups -OCH3 is 1. The van der Waals surface area contributed by atoms with Crippen LogP contribution < -0.4 is 10.1 Å². The van der Waals surface area contributed by atoms with E-state index in [2.05, 4.69) is 5.32 Å². The first-order valence-corrected chi connectivity index (χ1v) is 11.0. The third-order valence-electron chi connectivity index (χ3n) is 4.63. The van der Waals surface area contributed by atoms with E-state index in [1.807, 2.05) is 30.3 Å². The highest BCUT2D eigenvalue weighted by atomic mass is 32.2. The second kappa shape index (κ2) is 9.56. The third-order valence-corrected chi connectivity index (χ3v) is 6.56. The zero-order valence-electron chi connectivity index (χ0n) is 16.9. The number of carbonyl (C=O) groups excluding carboxylic acids is 1. The van der Waals surface area contributed by atoms with E-state index >= 15 is 0 Å². The van der Waals surface area contributed by atoms with Crippen LogP contribution in [0.1, 0.15) is 6.92 Å². The molecule has 0 aliphatic rings. The first-order chi connectivity index (χ1) is 14.4. The van der Waals surface area contributed by atoms with Crippen molar-refractivity contribution in [3.63, 3.8) is 0 Å². The molecule has 0 saturated carbocycles. The molecule has 1 N–H and O–H groups in total. The summed E-state index contributed by atoms with van der Waals surface area (Å²) in [5.41, 5.74) is 2.47. The number of benzene rings is 3. The first-order valence-electron chi connectivity index (χ1n) is 9.53. The van der Waals surface area contributed by atoms with Gasteiger partial charge in [0.15, 0.2) is 0 Å². The number of sulfonamides is 1. The summed E-state index contributed by atoms with van der Waals surface area (Å²) >= 11 is 0. The van der Waals surface area contributed by atoms with Gasteiger partial charge in [0.2, 0.25) is 15.9 Å². The van der Waals surface area contributed by atoms with Crippen molar-refractivity contribution < 1.29 is 17.9 Å². The molecule has 0 spiro atoms. The Balaban J connectivity index is 1.73. The van der Waals surface area contributed by atoms with Crippen LogP contribution in [-0.2, 0) is 14.8 Å². The monoisotopic (exact) mass is 424 g/mol. The number of hydrogen-bond acceptors (Lipinski definition) is 4. The Hall–Kier alpha value is -3.16. The van der Waals surface area contributed by atoms with Crippen molar-refractivity contribution in [2.75, 3.05) is 25.5 Å². The zero-order chi connectivity index (χ0) is 21.6. The van der Waals surface area contributed by atoms with E-state index in [0.717, 1.165) is 15.4 Å². The maximum Gasteiger partial charge on any atom is 0.243 e. The summed E-state index contributed by atoms with van der Waals surface area (Å²) in [5, 5.41) is 2.71. The maximum atomic E-state index is 13.0. The van der Waals surface area contributed by atoms with Crippen LogP contribution in [-0.4, -0.2) is 38.8 Å². The van der Waals surface area contributed by atoms with Gasteiger partial charge in [0.25, 0.3) is 0 Å². The minimum absolute atomic E-state index is 0.151. The number of anilines is 1. The summed E-state index contributed by atoms with van der Waals surface area (Å²) in [4.78, 5) is 12.6. The van der Waals surface area contributed by atoms with Crippen LogP contribution in [0, 0.1) is 0 Å². The maximum absolute atomic E-state index is 13.0. The number of nitrogens with one attached hydrogen (secondary N) is 1. The smallest absolute Gasteiger partial charge is 0.243 e. The Bertz CT molecular complexity index is 1100. The zero-order valence-corrected chi connectivity index (χ0v) is 17.7. The largest absolute Gasteiger partial charge is 0.497 e. The molecular formula is C23H24N2O4S. The van der Waals surface area contributed by atoms with Gasteiger partial charge < -0.3 is 10.1 Å². The van der Waals surface area contributed by atoms with Gasteiger partial charge in [0, 0.05) is 18.3 Å². The Morgan fingerprint density at radius 2 is 1.60 bits per heavy atom. The molecule has 0 radical (unpaired) electrons. The average molecular weight is 425 g/mol. The fraction of sp³-hybridized carbons (Fsp3) is 0.174. The Kier molecular flexibility index (Phi) is 6.87. The van der Waals surface area contributed by atoms with E-state index in [0.29, 0.717) is 11.4 Å². The number of rotatable bonds is 8. The first kappa shape index (κ1) is 21.5. The summed E-state index contributed by atoms with van der Waals surface area (Å²) in [7, 11) is -2.27. The van der Waals surface area contributed by atoms with E-state index < -0.39 is 15.9 Å². The van der Waals surface area contributed by atoms with Crippen molar-refractivity contribution in [2.45, 2.75) is 11.8 Å². The van der Waals surface area contributed by atoms with Crippen LogP contribution in [0.15, 0.2) is 83.8 Å². The minimum Gasteiger partial charge on any atom is -0.497 e. The number of amides is 1. The van der Waals surface area contributed by atoms with Crippen LogP contribution in [0.3, 0.4) is 0 Å². The number of likely N-dealkylation sites (N-methyl/N-ethyl adjacent to an activating group) is 1. The quantitative estimate of drug-likeness (QED) is 0.593. The summed E-state index contributed by atoms with van der Waals surface area (Å²) in [6.45, 7) is 1.60. The van der Waals surface area contributed by atoms with Gasteiger partial charge in [-0.1, -0.05) is 55.5 Å². The van der Waals surface area contributed by atoms with Gasteiger partial charge in [-0.2, -0.15) is 4.31 Å². The van der Waals surface area contributed by atoms with Crippen molar-refractivity contribution >= 4 is 21.6 Å². The normalized spacial score (nSPS) is 11.3. The van der Waals surface area contributed by atoms with E-state index in [4.69, 9.17) is 4.74 Å². The average Bonchev–Trinajstić information content (AvgIpc) is 2.78. The molecule has 0 heterocycles. The molecule has 1 amide bonds. The molecule has 6 nitrogen and oxygen atoms in total. The number of nitrogens with zero attached hydrogens (tertiary/aromatic N) is 1. The summed E-state index contributed by atoms with van der Waals surface area (Å²) in [6.07, 6.45) is 0. The van der Waals surface area contributed by atoms with Crippen LogP contribution in [0.4, 0.5) is 5.69 Å². The van der Waals surface area contributed by atoms with Crippen LogP contribution in [0.5, 0.6) is 5.75 Å². The van der Waals surface area contributed by atoms with Crippen LogP contribution >= 0.6 is 0 Å². The van der Waals surface area contributed by atoms with Gasteiger partial charge in [-0.05, 0) is 35.4 Å². The molecule has 3 rings (SSSR count). The standard InChI is InChI=1S/C23H24N2O4S/c1-3-25(17-23(26)24-20-10-7-11-21(16-20)29-2)30(27,28)22-14-12-19(13-15-22)18-8-5-4-6-9-18/h4-16H,3,17H2,1-2H3,(H,24,26). The van der Waals surface area contributed by atoms with Crippen molar-refractivity contribution in [2.24, 2.45) is 0 Å². The van der Waals surface area contributed by atoms with Crippen molar-refractivity contribution in [1.29, 1.82) is 0 Å². The number of carbonyl (C=O) groups is 1. The highest BCUT2D eigenvalue weighted by Crippen LogP contribution is 2.23. The van der Waals surface area contributed by atoms with Gasteiger partial charge in [-0.3, -0.25) is 4.79 Å². The second-order valence-corrected chi connectivity index (χ2v) is 8.54. The lowest BCUT2D eigenvalue weighted by molar-refractivity contribution is -0.116. The minimum atomic E-state index is -3.80. The molecule has 0 bridgehead atoms. The lowest BCUT2D eigenvalue weighted by Crippen LogP contribution is -2.37. The Labute approximate surface area is 177 Å². The van der Waals surface area contributed by atoms with Crippen molar-refractivity contribution in [1.82, 2.24) is 4.31 Å². The second-order valence-electron chi connectivity index (χ2n) is 6.60. The van der Waals surface area contributed by atoms with Gasteiger partial charge in [-0.25, -0.2) is 8.42 Å². The summed E-state index contributed by atoms with van der Waals surface area (Å²) in [5.74, 6) is 0.181. The van der Waals surface area contributed by atoms with E-state index in [1.54, 1.807) is 55.5 Å². The predicted molar refractivity (Wildman–Crippen MR) is 118 cm³/mol. The fourth-order valence-electron chi connectivity index (χ4n) is 3.03. The highest BCUT2D eigenvalue weighted by molar-refractivity contribution is 7.89. The highest BCUT2D eigenvalue weighted by Gasteiger charge is 2.25. The molecule has 0 saturated heterocycles. The molecule has 0 aromatic heterocycles. The summed E-state index contributed by atoms with van der Waals surface area (Å²) < 4.78 is 32.3. The predicted octanol–water partition coefficient (Wildman–Crippen LogP) is 4.01. The van der Waals surface area contributed by atoms with E-state index in [-0.39, 0.29) is 18.0 Å². The van der Waals surface area contributed by atoms with E-state index in [1.165, 1.54) is 7.11 Å². The fourth-order valence-corrected chi connectivity index (χ4v) is 4.43. The van der Waals surface area contributed by atoms with Gasteiger partial charge in [0.1, 0.15) is 5.75 Å². The Morgan fingerprint density at radius 1 is 0.933 bits per heavy atom. The molecule has 30 heavy (non-hydrogen) atoms. The molecule has 0 unspecified atom stereocenters. The third kappa shape index (κ3) is 5.06. The SMILES string of the molecule is CCN(CC(=O)Nc1cccc(OC)c1)S(=O)(=O)c1ccc(-c2ccccc2)cc1. The van der Waals surface area contributed by atoms with Gasteiger partial charge >= 0.3 is 0 Å². The molecule has 0 atom stereocenters. The van der Waals surface area contributed by atoms with Crippen LogP contribution in [0.25, 0.3) is 11.1 Å². The summed E-state index contributed by atoms with van der Waals surface area (Å²) in [6, 6.07) is 23.3. The molecule has 3 aromatic rings. The molecule has 0 aliphatic heterocycles. The Morgan fingerprint density at radius 3 is 2.23 bits per heavy atom.